The summed E-state index contributed by atoms with van der Waals surface area (Å²) in [4.78, 5) is 0.673. The molecule has 7 unspecified atom stereocenters. The van der Waals surface area contributed by atoms with Crippen molar-refractivity contribution in [1.29, 1.82) is 0 Å². The zero-order valence-corrected chi connectivity index (χ0v) is 15.6. The Hall–Kier alpha value is 0.730. The van der Waals surface area contributed by atoms with E-state index in [4.69, 9.17) is 11.6 Å². The van der Waals surface area contributed by atoms with Gasteiger partial charge in [0.1, 0.15) is 0 Å². The molecule has 1 saturated heterocycles. The maximum absolute atomic E-state index is 6.19. The first kappa shape index (κ1) is 17.1. The number of hydrogen-bond donors (Lipinski definition) is 1. The standard InChI is InChI=1S/C17H31BrClN/c1-11-4-6-15-9-16(18)10-20-17(15)13(3)14(8-11)7-5-12(2)19/h11-17,20H,4-10H2,1-3H3. The van der Waals surface area contributed by atoms with Gasteiger partial charge in [-0.1, -0.05) is 36.2 Å². The first-order chi connectivity index (χ1) is 9.47. The normalized spacial score (nSPS) is 44.2. The van der Waals surface area contributed by atoms with E-state index in [1.54, 1.807) is 0 Å². The molecular weight excluding hydrogens is 334 g/mol. The lowest BCUT2D eigenvalue weighted by Crippen LogP contribution is -2.51. The minimum absolute atomic E-state index is 0.324. The molecule has 1 saturated carbocycles. The van der Waals surface area contributed by atoms with Gasteiger partial charge in [0.05, 0.1) is 0 Å². The van der Waals surface area contributed by atoms with Crippen LogP contribution in [0.4, 0.5) is 0 Å². The molecule has 1 aliphatic heterocycles. The zero-order valence-electron chi connectivity index (χ0n) is 13.2. The van der Waals surface area contributed by atoms with E-state index >= 15 is 0 Å². The van der Waals surface area contributed by atoms with Crippen molar-refractivity contribution in [2.24, 2.45) is 23.7 Å². The van der Waals surface area contributed by atoms with Crippen LogP contribution in [0.25, 0.3) is 0 Å². The molecule has 1 nitrogen and oxygen atoms in total. The van der Waals surface area contributed by atoms with Gasteiger partial charge in [0.15, 0.2) is 0 Å². The minimum Gasteiger partial charge on any atom is -0.312 e. The predicted octanol–water partition coefficient (Wildman–Crippen LogP) is 5.21. The van der Waals surface area contributed by atoms with Crippen molar-refractivity contribution in [2.75, 3.05) is 6.54 Å². The van der Waals surface area contributed by atoms with E-state index in [0.29, 0.717) is 10.2 Å². The number of hydrogen-bond acceptors (Lipinski definition) is 1. The largest absolute Gasteiger partial charge is 0.312 e. The number of alkyl halides is 2. The van der Waals surface area contributed by atoms with E-state index in [9.17, 15) is 0 Å². The van der Waals surface area contributed by atoms with Crippen molar-refractivity contribution in [3.63, 3.8) is 0 Å². The number of piperidine rings is 1. The van der Waals surface area contributed by atoms with Crippen LogP contribution in [0, 0.1) is 23.7 Å². The Balaban J connectivity index is 2.04. The van der Waals surface area contributed by atoms with Gasteiger partial charge in [-0.3, -0.25) is 0 Å². The third-order valence-electron chi connectivity index (χ3n) is 5.62. The van der Waals surface area contributed by atoms with Crippen LogP contribution in [0.1, 0.15) is 59.3 Å². The summed E-state index contributed by atoms with van der Waals surface area (Å²) in [5.74, 6) is 3.38. The summed E-state index contributed by atoms with van der Waals surface area (Å²) in [6.07, 6.45) is 8.04. The first-order valence-corrected chi connectivity index (χ1v) is 9.84. The van der Waals surface area contributed by atoms with Crippen molar-refractivity contribution >= 4 is 27.5 Å². The lowest BCUT2D eigenvalue weighted by Gasteiger charge is -2.44. The molecule has 1 heterocycles. The summed E-state index contributed by atoms with van der Waals surface area (Å²) in [5.41, 5.74) is 0. The predicted molar refractivity (Wildman–Crippen MR) is 92.8 cm³/mol. The lowest BCUT2D eigenvalue weighted by molar-refractivity contribution is 0.115. The molecule has 3 heteroatoms. The van der Waals surface area contributed by atoms with Crippen molar-refractivity contribution in [2.45, 2.75) is 75.5 Å². The van der Waals surface area contributed by atoms with E-state index in [1.165, 1.54) is 38.5 Å². The molecule has 0 aromatic heterocycles. The summed E-state index contributed by atoms with van der Waals surface area (Å²) in [5, 5.41) is 4.16. The number of fused-ring (bicyclic) bond motifs is 1. The second-order valence-corrected chi connectivity index (χ2v) is 9.46. The van der Waals surface area contributed by atoms with Gasteiger partial charge in [-0.15, -0.1) is 11.6 Å². The fraction of sp³-hybridized carbons (Fsp3) is 1.00. The van der Waals surface area contributed by atoms with E-state index < -0.39 is 0 Å². The second-order valence-electron chi connectivity index (χ2n) is 7.42. The van der Waals surface area contributed by atoms with Crippen LogP contribution in [0.15, 0.2) is 0 Å². The van der Waals surface area contributed by atoms with E-state index in [-0.39, 0.29) is 0 Å². The number of halogens is 2. The van der Waals surface area contributed by atoms with Gasteiger partial charge in [-0.05, 0) is 62.7 Å². The highest BCUT2D eigenvalue weighted by Gasteiger charge is 2.37. The van der Waals surface area contributed by atoms with E-state index in [1.807, 2.05) is 0 Å². The van der Waals surface area contributed by atoms with Crippen molar-refractivity contribution in [3.8, 4) is 0 Å². The van der Waals surface area contributed by atoms with Crippen LogP contribution >= 0.6 is 27.5 Å². The minimum atomic E-state index is 0.324. The van der Waals surface area contributed by atoms with Crippen LogP contribution < -0.4 is 5.32 Å². The van der Waals surface area contributed by atoms with E-state index in [2.05, 4.69) is 42.0 Å². The van der Waals surface area contributed by atoms with Crippen molar-refractivity contribution < 1.29 is 0 Å². The number of rotatable bonds is 3. The summed E-state index contributed by atoms with van der Waals surface area (Å²) < 4.78 is 0. The van der Waals surface area contributed by atoms with Crippen molar-refractivity contribution in [3.05, 3.63) is 0 Å². The zero-order chi connectivity index (χ0) is 14.7. The molecule has 0 amide bonds. The maximum Gasteiger partial charge on any atom is 0.0307 e. The summed E-state index contributed by atoms with van der Waals surface area (Å²) >= 11 is 10.0. The van der Waals surface area contributed by atoms with Gasteiger partial charge in [-0.2, -0.15) is 0 Å². The average molecular weight is 365 g/mol. The summed E-state index contributed by atoms with van der Waals surface area (Å²) in [6.45, 7) is 8.21. The maximum atomic E-state index is 6.19. The van der Waals surface area contributed by atoms with E-state index in [0.717, 1.165) is 36.3 Å². The highest BCUT2D eigenvalue weighted by Crippen LogP contribution is 2.40. The van der Waals surface area contributed by atoms with Crippen molar-refractivity contribution in [1.82, 2.24) is 5.32 Å². The van der Waals surface area contributed by atoms with Crippen LogP contribution in [0.3, 0.4) is 0 Å². The average Bonchev–Trinajstić information content (AvgIpc) is 2.39. The number of nitrogens with one attached hydrogen (secondary N) is 1. The second kappa shape index (κ2) is 7.83. The lowest BCUT2D eigenvalue weighted by atomic mass is 9.68. The topological polar surface area (TPSA) is 12.0 Å². The molecule has 2 fully saturated rings. The van der Waals surface area contributed by atoms with Gasteiger partial charge >= 0.3 is 0 Å². The molecule has 0 aromatic carbocycles. The fourth-order valence-corrected chi connectivity index (χ4v) is 5.16. The third kappa shape index (κ3) is 4.61. The Morgan fingerprint density at radius 2 is 2.00 bits per heavy atom. The van der Waals surface area contributed by atoms with Gasteiger partial charge in [-0.25, -0.2) is 0 Å². The molecule has 2 rings (SSSR count). The molecule has 0 spiro atoms. The molecule has 0 bridgehead atoms. The molecule has 0 radical (unpaired) electrons. The molecule has 118 valence electrons. The molecule has 2 aliphatic rings. The molecule has 1 aliphatic carbocycles. The Bertz CT molecular complexity index is 297. The van der Waals surface area contributed by atoms with Gasteiger partial charge < -0.3 is 5.32 Å². The van der Waals surface area contributed by atoms with Gasteiger partial charge in [0.2, 0.25) is 0 Å². The summed E-state index contributed by atoms with van der Waals surface area (Å²) in [7, 11) is 0. The van der Waals surface area contributed by atoms with Crippen LogP contribution in [-0.4, -0.2) is 22.8 Å². The molecule has 20 heavy (non-hydrogen) atoms. The molecule has 0 aromatic rings. The quantitative estimate of drug-likeness (QED) is 0.678. The van der Waals surface area contributed by atoms with Gasteiger partial charge in [0, 0.05) is 22.8 Å². The Labute approximate surface area is 138 Å². The van der Waals surface area contributed by atoms with Gasteiger partial charge in [0.25, 0.3) is 0 Å². The summed E-state index contributed by atoms with van der Waals surface area (Å²) in [6, 6.07) is 0.729. The highest BCUT2D eigenvalue weighted by molar-refractivity contribution is 9.09. The third-order valence-corrected chi connectivity index (χ3v) is 6.54. The smallest absolute Gasteiger partial charge is 0.0307 e. The molecule has 1 N–H and O–H groups in total. The van der Waals surface area contributed by atoms with Crippen LogP contribution in [0.2, 0.25) is 0 Å². The van der Waals surface area contributed by atoms with Crippen LogP contribution in [0.5, 0.6) is 0 Å². The molecular formula is C17H31BrClN. The monoisotopic (exact) mass is 363 g/mol. The highest BCUT2D eigenvalue weighted by atomic mass is 79.9. The SMILES string of the molecule is CC(Cl)CCC1CC(C)CCC2CC(Br)CNC2C1C. The first-order valence-electron chi connectivity index (χ1n) is 8.48. The Morgan fingerprint density at radius 1 is 1.25 bits per heavy atom. The fourth-order valence-electron chi connectivity index (χ4n) is 4.37. The molecule has 7 atom stereocenters. The van der Waals surface area contributed by atoms with Crippen LogP contribution in [-0.2, 0) is 0 Å². The Morgan fingerprint density at radius 3 is 2.70 bits per heavy atom. The Kier molecular flexibility index (Phi) is 6.69.